The van der Waals surface area contributed by atoms with Gasteiger partial charge in [-0.05, 0) is 30.4 Å². The molecule has 1 rings (SSSR count). The van der Waals surface area contributed by atoms with Crippen LogP contribution in [0.25, 0.3) is 0 Å². The Morgan fingerprint density at radius 1 is 1.53 bits per heavy atom. The maximum atomic E-state index is 11.2. The highest BCUT2D eigenvalue weighted by atomic mass is 79.9. The van der Waals surface area contributed by atoms with Gasteiger partial charge in [0.15, 0.2) is 0 Å². The Morgan fingerprint density at radius 3 is 2.67 bits per heavy atom. The van der Waals surface area contributed by atoms with Crippen molar-refractivity contribution in [2.24, 2.45) is 0 Å². The van der Waals surface area contributed by atoms with Crippen molar-refractivity contribution in [2.75, 3.05) is 6.26 Å². The molecule has 1 aromatic rings. The summed E-state index contributed by atoms with van der Waals surface area (Å²) < 4.78 is 0. The Morgan fingerprint density at radius 2 is 2.20 bits per heavy atom. The van der Waals surface area contributed by atoms with Gasteiger partial charge in [-0.1, -0.05) is 44.0 Å². The number of benzene rings is 1. The van der Waals surface area contributed by atoms with Crippen LogP contribution in [0.1, 0.15) is 22.9 Å². The predicted octanol–water partition coefficient (Wildman–Crippen LogP) is 4.33. The van der Waals surface area contributed by atoms with Crippen LogP contribution in [-0.2, 0) is 10.1 Å². The zero-order valence-corrected chi connectivity index (χ0v) is 12.6. The third-order valence-corrected chi connectivity index (χ3v) is 4.71. The predicted molar refractivity (Wildman–Crippen MR) is 73.2 cm³/mol. The maximum Gasteiger partial charge on any atom is 0.147 e. The van der Waals surface area contributed by atoms with E-state index in [1.54, 1.807) is 18.7 Å². The van der Waals surface area contributed by atoms with E-state index in [9.17, 15) is 4.79 Å². The van der Waals surface area contributed by atoms with Gasteiger partial charge in [-0.3, -0.25) is 4.79 Å². The van der Waals surface area contributed by atoms with Crippen molar-refractivity contribution in [3.8, 4) is 0 Å². The van der Waals surface area contributed by atoms with Crippen LogP contribution in [0, 0.1) is 0 Å². The van der Waals surface area contributed by atoms with E-state index < -0.39 is 0 Å². The fourth-order valence-corrected chi connectivity index (χ4v) is 2.83. The third-order valence-electron chi connectivity index (χ3n) is 2.10. The van der Waals surface area contributed by atoms with Crippen LogP contribution in [-0.4, -0.2) is 12.0 Å². The lowest BCUT2D eigenvalue weighted by Gasteiger charge is -2.10. The quantitative estimate of drug-likeness (QED) is 0.593. The molecule has 0 aliphatic heterocycles. The Bertz CT molecular complexity index is 366. The van der Waals surface area contributed by atoms with Gasteiger partial charge in [-0.15, -0.1) is 11.8 Å². The van der Waals surface area contributed by atoms with Crippen LogP contribution in [0.15, 0.2) is 23.1 Å². The molecule has 0 N–H and O–H groups in total. The second kappa shape index (κ2) is 6.06. The number of thioether (sulfide) groups is 1. The number of carbonyl (C=O) groups excluding carboxylic acids is 1. The first-order valence-electron chi connectivity index (χ1n) is 4.47. The summed E-state index contributed by atoms with van der Waals surface area (Å²) in [5, 5.41) is 0.814. The first-order valence-corrected chi connectivity index (χ1v) is 7.73. The molecule has 1 aromatic carbocycles. The minimum absolute atomic E-state index is 0.132. The van der Waals surface area contributed by atoms with E-state index in [-0.39, 0.29) is 10.6 Å². The molecule has 0 bridgehead atoms. The molecule has 0 saturated heterocycles. The van der Waals surface area contributed by atoms with Gasteiger partial charge < -0.3 is 0 Å². The summed E-state index contributed by atoms with van der Waals surface area (Å²) in [6.45, 7) is 1.59. The molecule has 1 unspecified atom stereocenters. The van der Waals surface area contributed by atoms with Crippen LogP contribution in [0.5, 0.6) is 0 Å². The number of alkyl halides is 2. The van der Waals surface area contributed by atoms with Gasteiger partial charge in [0.2, 0.25) is 0 Å². The molecule has 0 aliphatic rings. The fourth-order valence-electron chi connectivity index (χ4n) is 1.30. The molecule has 0 radical (unpaired) electrons. The molecule has 1 nitrogen and oxygen atoms in total. The number of ketones is 1. The molecule has 0 aromatic heterocycles. The molecular formula is C11H12Br2OS. The van der Waals surface area contributed by atoms with E-state index >= 15 is 0 Å². The topological polar surface area (TPSA) is 17.1 Å². The van der Waals surface area contributed by atoms with Crippen LogP contribution < -0.4 is 0 Å². The molecule has 0 fully saturated rings. The normalized spacial score (nSPS) is 12.5. The highest BCUT2D eigenvalue weighted by Gasteiger charge is 2.13. The second-order valence-electron chi connectivity index (χ2n) is 3.18. The van der Waals surface area contributed by atoms with E-state index in [0.29, 0.717) is 0 Å². The summed E-state index contributed by atoms with van der Waals surface area (Å²) in [6.07, 6.45) is 2.05. The molecule has 0 spiro atoms. The molecule has 0 amide bonds. The van der Waals surface area contributed by atoms with Crippen molar-refractivity contribution in [3.63, 3.8) is 0 Å². The third kappa shape index (κ3) is 3.33. The lowest BCUT2D eigenvalue weighted by Crippen LogP contribution is -2.01. The van der Waals surface area contributed by atoms with Crippen LogP contribution in [0.2, 0.25) is 0 Å². The van der Waals surface area contributed by atoms with Gasteiger partial charge in [-0.2, -0.15) is 0 Å². The van der Waals surface area contributed by atoms with Gasteiger partial charge in [0.1, 0.15) is 5.78 Å². The lowest BCUT2D eigenvalue weighted by molar-refractivity contribution is -0.116. The zero-order chi connectivity index (χ0) is 11.4. The van der Waals surface area contributed by atoms with Crippen molar-refractivity contribution in [2.45, 2.75) is 22.0 Å². The van der Waals surface area contributed by atoms with Crippen molar-refractivity contribution < 1.29 is 4.79 Å². The first-order chi connectivity index (χ1) is 7.10. The molecule has 0 saturated carbocycles. The number of hydrogen-bond acceptors (Lipinski definition) is 2. The Hall–Kier alpha value is 0.200. The first kappa shape index (κ1) is 13.3. The van der Waals surface area contributed by atoms with Crippen molar-refractivity contribution >= 4 is 49.4 Å². The molecule has 0 heterocycles. The lowest BCUT2D eigenvalue weighted by atomic mass is 10.1. The van der Waals surface area contributed by atoms with Gasteiger partial charge in [0.25, 0.3) is 0 Å². The van der Waals surface area contributed by atoms with E-state index in [4.69, 9.17) is 0 Å². The van der Waals surface area contributed by atoms with E-state index in [1.807, 2.05) is 6.07 Å². The SMILES string of the molecule is CSc1ccc(C(Br)C(C)=O)cc1CBr. The average Bonchev–Trinajstić information content (AvgIpc) is 2.26. The van der Waals surface area contributed by atoms with Crippen LogP contribution in [0.3, 0.4) is 0 Å². The average molecular weight is 352 g/mol. The Kier molecular flexibility index (Phi) is 5.36. The highest BCUT2D eigenvalue weighted by molar-refractivity contribution is 9.09. The fraction of sp³-hybridized carbons (Fsp3) is 0.364. The van der Waals surface area contributed by atoms with Gasteiger partial charge in [0.05, 0.1) is 4.83 Å². The highest BCUT2D eigenvalue weighted by Crippen LogP contribution is 2.29. The van der Waals surface area contributed by atoms with Gasteiger partial charge in [0, 0.05) is 10.2 Å². The van der Waals surface area contributed by atoms with E-state index in [2.05, 4.69) is 50.2 Å². The number of hydrogen-bond donors (Lipinski definition) is 0. The van der Waals surface area contributed by atoms with E-state index in [0.717, 1.165) is 10.9 Å². The van der Waals surface area contributed by atoms with Crippen LogP contribution in [0.4, 0.5) is 0 Å². The number of Topliss-reactive ketones (excluding diaryl/α,β-unsaturated/α-hetero) is 1. The second-order valence-corrected chi connectivity index (χ2v) is 5.50. The standard InChI is InChI=1S/C11H12Br2OS/c1-7(14)11(13)8-3-4-10(15-2)9(5-8)6-12/h3-5,11H,6H2,1-2H3. The van der Waals surface area contributed by atoms with Crippen molar-refractivity contribution in [1.29, 1.82) is 0 Å². The van der Waals surface area contributed by atoms with Crippen molar-refractivity contribution in [3.05, 3.63) is 29.3 Å². The summed E-state index contributed by atoms with van der Waals surface area (Å²) >= 11 is 8.56. The summed E-state index contributed by atoms with van der Waals surface area (Å²) in [5.41, 5.74) is 2.25. The summed E-state index contributed by atoms with van der Waals surface area (Å²) in [4.78, 5) is 12.3. The van der Waals surface area contributed by atoms with Crippen molar-refractivity contribution in [1.82, 2.24) is 0 Å². The minimum Gasteiger partial charge on any atom is -0.298 e. The summed E-state index contributed by atoms with van der Waals surface area (Å²) in [6, 6.07) is 6.13. The zero-order valence-electron chi connectivity index (χ0n) is 8.59. The number of rotatable bonds is 4. The largest absolute Gasteiger partial charge is 0.298 e. The molecule has 4 heteroatoms. The number of halogens is 2. The summed E-state index contributed by atoms with van der Waals surface area (Å²) in [7, 11) is 0. The van der Waals surface area contributed by atoms with Crippen LogP contribution >= 0.6 is 43.6 Å². The Balaban J connectivity index is 3.07. The molecule has 15 heavy (non-hydrogen) atoms. The van der Waals surface area contributed by atoms with Gasteiger partial charge in [-0.25, -0.2) is 0 Å². The summed E-state index contributed by atoms with van der Waals surface area (Å²) in [5.74, 6) is 0.132. The van der Waals surface area contributed by atoms with Gasteiger partial charge >= 0.3 is 0 Å². The number of carbonyl (C=O) groups is 1. The molecule has 0 aliphatic carbocycles. The Labute approximate surface area is 111 Å². The molecular weight excluding hydrogens is 340 g/mol. The van der Waals surface area contributed by atoms with E-state index in [1.165, 1.54) is 10.5 Å². The minimum atomic E-state index is -0.189. The monoisotopic (exact) mass is 350 g/mol. The smallest absolute Gasteiger partial charge is 0.147 e. The maximum absolute atomic E-state index is 11.2. The molecule has 82 valence electrons. The molecule has 1 atom stereocenters.